The molecule has 0 aromatic carbocycles. The molecule has 1 aliphatic rings. The van der Waals surface area contributed by atoms with Crippen LogP contribution in [-0.2, 0) is 71.2 Å². The second-order valence-electron chi connectivity index (χ2n) is 12.3. The van der Waals surface area contributed by atoms with Gasteiger partial charge in [0.05, 0.1) is 42.6 Å². The third kappa shape index (κ3) is 17.4. The predicted molar refractivity (Wildman–Crippen MR) is 212 cm³/mol. The Balaban J connectivity index is 1.61. The number of phosphoric acid groups is 3. The maximum atomic E-state index is 12.4. The topological polar surface area (TPSA) is 271 Å². The lowest BCUT2D eigenvalue weighted by Crippen LogP contribution is -2.30. The Bertz CT molecular complexity index is 1820. The molecule has 6 N–H and O–H groups in total. The monoisotopic (exact) mass is 912 g/mol. The van der Waals surface area contributed by atoms with Crippen molar-refractivity contribution < 1.29 is 70.2 Å². The van der Waals surface area contributed by atoms with Crippen molar-refractivity contribution in [3.63, 3.8) is 0 Å². The zero-order valence-corrected chi connectivity index (χ0v) is 36.5. The maximum absolute atomic E-state index is 12.4. The van der Waals surface area contributed by atoms with E-state index in [1.807, 2.05) is 6.92 Å². The lowest BCUT2D eigenvalue weighted by Gasteiger charge is -2.21. The SMILES string of the molecule is CCS(=S)CO[C@H]1C[C@H](n2cc(C#CCCC(=O)OCCCCOCSSC(C)(C)CC)c3c(N)ncnc32)O[C@@H]1COP(=O)(O)OP(=O)(O)OP(=O)(O)O. The fourth-order valence-electron chi connectivity index (χ4n) is 4.56. The van der Waals surface area contributed by atoms with Crippen molar-refractivity contribution in [2.75, 3.05) is 43.2 Å². The number of carbonyl (C=O) groups is 1. The number of unbranched alkanes of at least 4 members (excludes halogenated alkanes) is 1. The van der Waals surface area contributed by atoms with Crippen LogP contribution in [0.3, 0.4) is 0 Å². The Labute approximate surface area is 334 Å². The summed E-state index contributed by atoms with van der Waals surface area (Å²) in [7, 11) is -13.8. The standard InChI is InChI=1S/C29H47N4O15P3S4/c1-5-29(3,4)54-53-19-42-13-9-10-14-43-25(34)12-8-7-11-21-16-33(28-26(21)27(30)31-18-32-28)24-15-22(44-20-55(52)6-2)23(46-24)17-45-50(38,39)48-51(40,41)47-49(35,36)37/h16,18,22-24H,5-6,8-10,12-15,17,19-20H2,1-4H3,(H,38,39)(H,40,41)(H2,30,31,32)(H2,35,36,37)/t22-,23+,24+,55?/m0/s1. The lowest BCUT2D eigenvalue weighted by molar-refractivity contribution is -0.143. The van der Waals surface area contributed by atoms with Gasteiger partial charge >= 0.3 is 29.4 Å². The fraction of sp³-hybridized carbons (Fsp3) is 0.690. The zero-order valence-electron chi connectivity index (χ0n) is 30.5. The van der Waals surface area contributed by atoms with Gasteiger partial charge in [0.15, 0.2) is 0 Å². The Morgan fingerprint density at radius 3 is 2.56 bits per heavy atom. The Hall–Kier alpha value is -0.990. The third-order valence-corrected chi connectivity index (χ3v) is 16.5. The van der Waals surface area contributed by atoms with E-state index in [1.165, 1.54) is 6.33 Å². The number of anilines is 1. The fourth-order valence-corrected chi connectivity index (χ4v) is 10.6. The van der Waals surface area contributed by atoms with Crippen LogP contribution in [0, 0.1) is 11.8 Å². The molecule has 0 amide bonds. The molecule has 0 radical (unpaired) electrons. The second-order valence-corrected chi connectivity index (χ2v) is 22.8. The minimum atomic E-state index is -5.73. The number of fused-ring (bicyclic) bond motifs is 1. The minimum absolute atomic E-state index is 0.0690. The van der Waals surface area contributed by atoms with E-state index >= 15 is 0 Å². The predicted octanol–water partition coefficient (Wildman–Crippen LogP) is 5.09. The summed E-state index contributed by atoms with van der Waals surface area (Å²) in [6.45, 7) is 8.56. The molecule has 2 aromatic heterocycles. The van der Waals surface area contributed by atoms with Crippen LogP contribution in [0.5, 0.6) is 0 Å². The molecule has 1 fully saturated rings. The normalized spacial score (nSPS) is 20.4. The van der Waals surface area contributed by atoms with E-state index in [2.05, 4.69) is 51.2 Å². The summed E-state index contributed by atoms with van der Waals surface area (Å²) in [4.78, 5) is 57.8. The van der Waals surface area contributed by atoms with Gasteiger partial charge in [-0.15, -0.1) is 0 Å². The van der Waals surface area contributed by atoms with Crippen molar-refractivity contribution in [1.82, 2.24) is 14.5 Å². The molecule has 1 saturated heterocycles. The minimum Gasteiger partial charge on any atom is -0.466 e. The van der Waals surface area contributed by atoms with E-state index in [4.69, 9.17) is 50.2 Å². The largest absolute Gasteiger partial charge is 0.490 e. The summed E-state index contributed by atoms with van der Waals surface area (Å²) in [5.74, 6) is 7.10. The van der Waals surface area contributed by atoms with Gasteiger partial charge in [-0.1, -0.05) is 56.7 Å². The first kappa shape index (κ1) is 48.4. The third-order valence-electron chi connectivity index (χ3n) is 7.57. The van der Waals surface area contributed by atoms with Crippen molar-refractivity contribution in [2.24, 2.45) is 0 Å². The van der Waals surface area contributed by atoms with Crippen molar-refractivity contribution in [1.29, 1.82) is 0 Å². The summed E-state index contributed by atoms with van der Waals surface area (Å²) < 4.78 is 72.5. The number of hydrogen-bond donors (Lipinski definition) is 5. The molecule has 312 valence electrons. The molecule has 3 unspecified atom stereocenters. The molecule has 1 aliphatic heterocycles. The molecule has 6 atom stereocenters. The zero-order chi connectivity index (χ0) is 40.9. The number of carbonyl (C=O) groups excluding carboxylic acids is 1. The van der Waals surface area contributed by atoms with Crippen molar-refractivity contribution in [3.8, 4) is 11.8 Å². The molecule has 19 nitrogen and oxygen atoms in total. The first-order chi connectivity index (χ1) is 25.7. The van der Waals surface area contributed by atoms with Crippen LogP contribution >= 0.6 is 45.1 Å². The average molecular weight is 913 g/mol. The van der Waals surface area contributed by atoms with Crippen LogP contribution in [0.4, 0.5) is 5.82 Å². The van der Waals surface area contributed by atoms with Gasteiger partial charge in [0.1, 0.15) is 36.1 Å². The molecule has 0 saturated carbocycles. The highest BCUT2D eigenvalue weighted by atomic mass is 33.1. The molecule has 0 spiro atoms. The number of ether oxygens (including phenoxy) is 4. The first-order valence-electron chi connectivity index (χ1n) is 16.8. The van der Waals surface area contributed by atoms with E-state index in [1.54, 1.807) is 32.4 Å². The van der Waals surface area contributed by atoms with Gasteiger partial charge in [-0.25, -0.2) is 23.7 Å². The number of aromatic nitrogens is 3. The molecule has 26 heteroatoms. The van der Waals surface area contributed by atoms with Gasteiger partial charge < -0.3 is 48.8 Å². The highest BCUT2D eigenvalue weighted by molar-refractivity contribution is 8.77. The van der Waals surface area contributed by atoms with E-state index in [0.29, 0.717) is 41.3 Å². The summed E-state index contributed by atoms with van der Waals surface area (Å²) in [6.07, 6.45) is 3.12. The van der Waals surface area contributed by atoms with Gasteiger partial charge in [0.25, 0.3) is 0 Å². The van der Waals surface area contributed by atoms with E-state index < -0.39 is 58.0 Å². The van der Waals surface area contributed by atoms with Crippen molar-refractivity contribution in [2.45, 2.75) is 89.4 Å². The molecule has 0 aliphatic carbocycles. The Kier molecular flexibility index (Phi) is 19.7. The molecule has 0 bridgehead atoms. The van der Waals surface area contributed by atoms with Gasteiger partial charge in [0.2, 0.25) is 0 Å². The molecular weight excluding hydrogens is 866 g/mol. The van der Waals surface area contributed by atoms with E-state index in [-0.39, 0.29) is 48.3 Å². The van der Waals surface area contributed by atoms with Crippen LogP contribution in [-0.4, -0.2) is 94.5 Å². The number of rotatable bonds is 24. The highest BCUT2D eigenvalue weighted by Crippen LogP contribution is 2.66. The summed E-state index contributed by atoms with van der Waals surface area (Å²) >= 11 is 5.37. The average Bonchev–Trinajstić information content (AvgIpc) is 3.67. The van der Waals surface area contributed by atoms with Gasteiger partial charge in [-0.3, -0.25) is 9.32 Å². The van der Waals surface area contributed by atoms with Crippen LogP contribution < -0.4 is 5.73 Å². The number of esters is 1. The van der Waals surface area contributed by atoms with Crippen molar-refractivity contribution in [3.05, 3.63) is 18.1 Å². The molecule has 2 aromatic rings. The lowest BCUT2D eigenvalue weighted by atomic mass is 10.1. The number of nitrogens with two attached hydrogens (primary N) is 1. The van der Waals surface area contributed by atoms with Crippen LogP contribution in [0.1, 0.15) is 78.0 Å². The van der Waals surface area contributed by atoms with Gasteiger partial charge in [0, 0.05) is 30.4 Å². The Morgan fingerprint density at radius 1 is 1.15 bits per heavy atom. The number of phosphoric ester groups is 1. The van der Waals surface area contributed by atoms with Crippen molar-refractivity contribution >= 4 is 88.5 Å². The quantitative estimate of drug-likeness (QED) is 0.0229. The van der Waals surface area contributed by atoms with Crippen LogP contribution in [0.2, 0.25) is 0 Å². The number of nitrogen functional groups attached to an aromatic ring is 1. The summed E-state index contributed by atoms with van der Waals surface area (Å²) in [5.41, 5.74) is 6.99. The Morgan fingerprint density at radius 2 is 1.87 bits per heavy atom. The highest BCUT2D eigenvalue weighted by Gasteiger charge is 2.44. The smallest absolute Gasteiger partial charge is 0.466 e. The molecule has 3 heterocycles. The number of hydrogen-bond acceptors (Lipinski definition) is 17. The van der Waals surface area contributed by atoms with Gasteiger partial charge in [-0.2, -0.15) is 8.62 Å². The molecule has 55 heavy (non-hydrogen) atoms. The maximum Gasteiger partial charge on any atom is 0.490 e. The van der Waals surface area contributed by atoms with Crippen LogP contribution in [0.25, 0.3) is 11.0 Å². The summed E-state index contributed by atoms with van der Waals surface area (Å²) in [5, 5.41) is 0.418. The van der Waals surface area contributed by atoms with E-state index in [0.717, 1.165) is 12.8 Å². The van der Waals surface area contributed by atoms with Gasteiger partial charge in [-0.05, 0) is 50.1 Å². The molecule has 3 rings (SSSR count). The molecular formula is C29H47N4O15P3S4. The van der Waals surface area contributed by atoms with Crippen LogP contribution in [0.15, 0.2) is 12.5 Å². The summed E-state index contributed by atoms with van der Waals surface area (Å²) in [6, 6.07) is 0. The number of nitrogens with zero attached hydrogens (tertiary/aromatic N) is 3. The second kappa shape index (κ2) is 22.4. The first-order valence-corrected chi connectivity index (χ1v) is 26.1. The van der Waals surface area contributed by atoms with E-state index in [9.17, 15) is 28.3 Å².